The summed E-state index contributed by atoms with van der Waals surface area (Å²) in [5.41, 5.74) is 2.30. The molecule has 4 rings (SSSR count). The van der Waals surface area contributed by atoms with E-state index >= 15 is 0 Å². The van der Waals surface area contributed by atoms with E-state index in [1.165, 1.54) is 10.8 Å². The predicted octanol–water partition coefficient (Wildman–Crippen LogP) is 3.43. The highest BCUT2D eigenvalue weighted by Crippen LogP contribution is 2.29. The van der Waals surface area contributed by atoms with Crippen molar-refractivity contribution in [3.63, 3.8) is 0 Å². The molecule has 0 aliphatic carbocycles. The third-order valence-electron chi connectivity index (χ3n) is 6.21. The SMILES string of the molecule is COc1ccc(CCC2CCCCN2C(=O)Cn2c(=O)cnc3ccccc32)cc1OC. The first-order valence-corrected chi connectivity index (χ1v) is 11.1. The third-order valence-corrected chi connectivity index (χ3v) is 6.21. The van der Waals surface area contributed by atoms with Gasteiger partial charge in [-0.15, -0.1) is 0 Å². The summed E-state index contributed by atoms with van der Waals surface area (Å²) in [5.74, 6) is 1.41. The lowest BCUT2D eigenvalue weighted by Gasteiger charge is -2.36. The van der Waals surface area contributed by atoms with E-state index in [1.54, 1.807) is 14.2 Å². The molecule has 1 fully saturated rings. The Hall–Kier alpha value is -3.35. The van der Waals surface area contributed by atoms with Crippen LogP contribution in [0, 0.1) is 0 Å². The van der Waals surface area contributed by atoms with Crippen molar-refractivity contribution >= 4 is 16.9 Å². The predicted molar refractivity (Wildman–Crippen MR) is 123 cm³/mol. The fraction of sp³-hybridized carbons (Fsp3) is 0.400. The molecule has 0 radical (unpaired) electrons. The fourth-order valence-electron chi connectivity index (χ4n) is 4.50. The van der Waals surface area contributed by atoms with Gasteiger partial charge in [0, 0.05) is 12.6 Å². The van der Waals surface area contributed by atoms with Crippen LogP contribution in [-0.4, -0.2) is 47.2 Å². The van der Waals surface area contributed by atoms with Crippen molar-refractivity contribution in [2.24, 2.45) is 0 Å². The molecule has 0 spiro atoms. The lowest BCUT2D eigenvalue weighted by molar-refractivity contribution is -0.135. The number of piperidine rings is 1. The number of rotatable bonds is 7. The Bertz CT molecular complexity index is 1160. The van der Waals surface area contributed by atoms with Gasteiger partial charge in [-0.25, -0.2) is 4.98 Å². The maximum atomic E-state index is 13.3. The summed E-state index contributed by atoms with van der Waals surface area (Å²) in [4.78, 5) is 31.9. The molecule has 1 saturated heterocycles. The van der Waals surface area contributed by atoms with Gasteiger partial charge in [0.2, 0.25) is 5.91 Å². The van der Waals surface area contributed by atoms with E-state index in [-0.39, 0.29) is 24.1 Å². The number of carbonyl (C=O) groups excluding carboxylic acids is 1. The van der Waals surface area contributed by atoms with E-state index in [2.05, 4.69) is 4.98 Å². The van der Waals surface area contributed by atoms with Crippen molar-refractivity contribution in [3.8, 4) is 11.5 Å². The van der Waals surface area contributed by atoms with Crippen molar-refractivity contribution in [1.29, 1.82) is 0 Å². The first kappa shape index (κ1) is 21.9. The minimum absolute atomic E-state index is 0.0135. The number of nitrogens with zero attached hydrogens (tertiary/aromatic N) is 3. The van der Waals surface area contributed by atoms with Gasteiger partial charge >= 0.3 is 0 Å². The number of aromatic nitrogens is 2. The van der Waals surface area contributed by atoms with Gasteiger partial charge in [0.25, 0.3) is 5.56 Å². The molecular weight excluding hydrogens is 406 g/mol. The topological polar surface area (TPSA) is 73.7 Å². The quantitative estimate of drug-likeness (QED) is 0.569. The molecule has 1 aromatic heterocycles. The molecule has 7 heteroatoms. The van der Waals surface area contributed by atoms with Crippen LogP contribution < -0.4 is 15.0 Å². The Balaban J connectivity index is 1.49. The largest absolute Gasteiger partial charge is 0.493 e. The summed E-state index contributed by atoms with van der Waals surface area (Å²) < 4.78 is 12.3. The Morgan fingerprint density at radius 1 is 1.09 bits per heavy atom. The molecule has 1 amide bonds. The summed E-state index contributed by atoms with van der Waals surface area (Å²) >= 11 is 0. The van der Waals surface area contributed by atoms with Gasteiger partial charge in [-0.1, -0.05) is 18.2 Å². The minimum atomic E-state index is -0.254. The van der Waals surface area contributed by atoms with Crippen LogP contribution in [0.25, 0.3) is 11.0 Å². The Labute approximate surface area is 187 Å². The number of amides is 1. The molecule has 2 heterocycles. The smallest absolute Gasteiger partial charge is 0.269 e. The maximum absolute atomic E-state index is 13.3. The van der Waals surface area contributed by atoms with E-state index in [0.717, 1.165) is 44.2 Å². The molecule has 1 aliphatic rings. The van der Waals surface area contributed by atoms with Gasteiger partial charge in [-0.3, -0.25) is 14.2 Å². The van der Waals surface area contributed by atoms with Crippen LogP contribution in [0.3, 0.4) is 0 Å². The van der Waals surface area contributed by atoms with Gasteiger partial charge in [0.15, 0.2) is 11.5 Å². The lowest BCUT2D eigenvalue weighted by Crippen LogP contribution is -2.46. The van der Waals surface area contributed by atoms with Gasteiger partial charge in [0.05, 0.1) is 31.4 Å². The number of ether oxygens (including phenoxy) is 2. The lowest BCUT2D eigenvalue weighted by atomic mass is 9.95. The third kappa shape index (κ3) is 4.61. The van der Waals surface area contributed by atoms with Crippen LogP contribution >= 0.6 is 0 Å². The van der Waals surface area contributed by atoms with Crippen LogP contribution in [0.2, 0.25) is 0 Å². The number of benzene rings is 2. The highest BCUT2D eigenvalue weighted by molar-refractivity contribution is 5.80. The average Bonchev–Trinajstić information content (AvgIpc) is 2.84. The Kier molecular flexibility index (Phi) is 6.73. The second-order valence-corrected chi connectivity index (χ2v) is 8.14. The number of para-hydroxylation sites is 2. The van der Waals surface area contributed by atoms with E-state index in [4.69, 9.17) is 9.47 Å². The number of fused-ring (bicyclic) bond motifs is 1. The standard InChI is InChI=1S/C25H29N3O4/c1-31-22-13-11-18(15-23(22)32-2)10-12-19-7-5-6-14-27(19)25(30)17-28-21-9-4-3-8-20(21)26-16-24(28)29/h3-4,8-9,11,13,15-16,19H,5-7,10,12,14,17H2,1-2H3. The summed E-state index contributed by atoms with van der Waals surface area (Å²) in [7, 11) is 3.26. The number of aryl methyl sites for hydroxylation is 1. The number of methoxy groups -OCH3 is 2. The first-order chi connectivity index (χ1) is 15.6. The fourth-order valence-corrected chi connectivity index (χ4v) is 4.50. The number of hydrogen-bond acceptors (Lipinski definition) is 5. The highest BCUT2D eigenvalue weighted by atomic mass is 16.5. The molecule has 3 aromatic rings. The molecule has 7 nitrogen and oxygen atoms in total. The van der Waals surface area contributed by atoms with E-state index in [9.17, 15) is 9.59 Å². The van der Waals surface area contributed by atoms with Crippen molar-refractivity contribution < 1.29 is 14.3 Å². The van der Waals surface area contributed by atoms with Crippen LogP contribution in [0.15, 0.2) is 53.5 Å². The molecule has 168 valence electrons. The zero-order valence-electron chi connectivity index (χ0n) is 18.6. The van der Waals surface area contributed by atoms with Crippen LogP contribution in [-0.2, 0) is 17.8 Å². The molecular formula is C25H29N3O4. The molecule has 0 saturated carbocycles. The Morgan fingerprint density at radius 3 is 2.72 bits per heavy atom. The average molecular weight is 436 g/mol. The van der Waals surface area contributed by atoms with E-state index < -0.39 is 0 Å². The van der Waals surface area contributed by atoms with Crippen LogP contribution in [0.1, 0.15) is 31.2 Å². The van der Waals surface area contributed by atoms with Gasteiger partial charge in [0.1, 0.15) is 6.54 Å². The van der Waals surface area contributed by atoms with Gasteiger partial charge in [-0.2, -0.15) is 0 Å². The molecule has 2 aromatic carbocycles. The van der Waals surface area contributed by atoms with Gasteiger partial charge < -0.3 is 14.4 Å². The number of carbonyl (C=O) groups is 1. The van der Waals surface area contributed by atoms with Crippen LogP contribution in [0.4, 0.5) is 0 Å². The van der Waals surface area contributed by atoms with E-state index in [0.29, 0.717) is 22.5 Å². The summed E-state index contributed by atoms with van der Waals surface area (Å²) in [6.07, 6.45) is 6.08. The summed E-state index contributed by atoms with van der Waals surface area (Å²) in [6.45, 7) is 0.766. The summed E-state index contributed by atoms with van der Waals surface area (Å²) in [5, 5.41) is 0. The monoisotopic (exact) mass is 435 g/mol. The molecule has 0 N–H and O–H groups in total. The van der Waals surface area contributed by atoms with Crippen LogP contribution in [0.5, 0.6) is 11.5 Å². The second kappa shape index (κ2) is 9.85. The van der Waals surface area contributed by atoms with Gasteiger partial charge in [-0.05, 0) is 61.9 Å². The number of hydrogen-bond donors (Lipinski definition) is 0. The minimum Gasteiger partial charge on any atom is -0.493 e. The normalized spacial score (nSPS) is 16.2. The van der Waals surface area contributed by atoms with Crippen molar-refractivity contribution in [2.75, 3.05) is 20.8 Å². The molecule has 1 unspecified atom stereocenters. The zero-order valence-corrected chi connectivity index (χ0v) is 18.6. The molecule has 32 heavy (non-hydrogen) atoms. The summed E-state index contributed by atoms with van der Waals surface area (Å²) in [6, 6.07) is 13.5. The highest BCUT2D eigenvalue weighted by Gasteiger charge is 2.27. The van der Waals surface area contributed by atoms with Crippen molar-refractivity contribution in [1.82, 2.24) is 14.5 Å². The second-order valence-electron chi connectivity index (χ2n) is 8.14. The van der Waals surface area contributed by atoms with E-state index in [1.807, 2.05) is 47.4 Å². The Morgan fingerprint density at radius 2 is 1.91 bits per heavy atom. The zero-order chi connectivity index (χ0) is 22.5. The van der Waals surface area contributed by atoms with Crippen molar-refractivity contribution in [2.45, 2.75) is 44.7 Å². The molecule has 1 atom stereocenters. The van der Waals surface area contributed by atoms with Crippen molar-refractivity contribution in [3.05, 3.63) is 64.6 Å². The molecule has 0 bridgehead atoms. The number of likely N-dealkylation sites (tertiary alicyclic amines) is 1. The first-order valence-electron chi connectivity index (χ1n) is 11.1. The maximum Gasteiger partial charge on any atom is 0.269 e. The molecule has 1 aliphatic heterocycles.